The van der Waals surface area contributed by atoms with Crippen LogP contribution in [0.4, 0.5) is 5.69 Å². The molecule has 1 aromatic rings. The summed E-state index contributed by atoms with van der Waals surface area (Å²) < 4.78 is 10.2. The lowest BCUT2D eigenvalue weighted by Crippen LogP contribution is -2.33. The first kappa shape index (κ1) is 20.9. The first-order valence-electron chi connectivity index (χ1n) is 10.9. The number of nitrogens with one attached hydrogen (secondary N) is 2. The minimum Gasteiger partial charge on any atom is -0.490 e. The fourth-order valence-corrected chi connectivity index (χ4v) is 4.82. The summed E-state index contributed by atoms with van der Waals surface area (Å²) >= 11 is 1.89. The molecule has 2 saturated carbocycles. The molecule has 0 amide bonds. The molecule has 0 unspecified atom stereocenters. The van der Waals surface area contributed by atoms with Crippen molar-refractivity contribution < 1.29 is 4.74 Å². The molecule has 0 spiro atoms. The fraction of sp³-hybridized carbons (Fsp3) is 0.739. The maximum Gasteiger partial charge on any atom is 0.121 e. The van der Waals surface area contributed by atoms with Gasteiger partial charge in [-0.1, -0.05) is 24.4 Å². The number of hydrogen-bond acceptors (Lipinski definition) is 4. The number of hydrogen-bond donors (Lipinski definition) is 2. The van der Waals surface area contributed by atoms with E-state index in [1.54, 1.807) is 0 Å². The zero-order chi connectivity index (χ0) is 19.1. The molecule has 3 nitrogen and oxygen atoms in total. The number of benzene rings is 1. The largest absolute Gasteiger partial charge is 0.490 e. The third kappa shape index (κ3) is 7.57. The summed E-state index contributed by atoms with van der Waals surface area (Å²) in [5.41, 5.74) is 1.20. The Balaban J connectivity index is 1.38. The van der Waals surface area contributed by atoms with Gasteiger partial charge in [-0.15, -0.1) is 0 Å². The lowest BCUT2D eigenvalue weighted by atomic mass is 9.86. The van der Waals surface area contributed by atoms with E-state index in [4.69, 9.17) is 4.74 Å². The molecule has 4 heteroatoms. The highest BCUT2D eigenvalue weighted by atomic mass is 32.2. The molecule has 27 heavy (non-hydrogen) atoms. The highest BCUT2D eigenvalue weighted by Crippen LogP contribution is 2.29. The first-order chi connectivity index (χ1) is 13.0. The smallest absolute Gasteiger partial charge is 0.121 e. The van der Waals surface area contributed by atoms with Gasteiger partial charge in [-0.3, -0.25) is 4.72 Å². The molecule has 2 aliphatic carbocycles. The highest BCUT2D eigenvalue weighted by molar-refractivity contribution is 7.98. The fourth-order valence-electron chi connectivity index (χ4n) is 4.06. The molecule has 2 aliphatic rings. The molecule has 152 valence electrons. The zero-order valence-electron chi connectivity index (χ0n) is 17.4. The van der Waals surface area contributed by atoms with Crippen LogP contribution in [0.3, 0.4) is 0 Å². The van der Waals surface area contributed by atoms with Gasteiger partial charge in [0.25, 0.3) is 0 Å². The van der Waals surface area contributed by atoms with E-state index in [1.807, 2.05) is 11.9 Å². The second kappa shape index (κ2) is 10.1. The van der Waals surface area contributed by atoms with Crippen LogP contribution in [-0.2, 0) is 0 Å². The monoisotopic (exact) mass is 390 g/mol. The van der Waals surface area contributed by atoms with Crippen molar-refractivity contribution in [2.45, 2.75) is 95.5 Å². The van der Waals surface area contributed by atoms with E-state index in [2.05, 4.69) is 55.1 Å². The van der Waals surface area contributed by atoms with Gasteiger partial charge in [-0.2, -0.15) is 0 Å². The van der Waals surface area contributed by atoms with Gasteiger partial charge in [0, 0.05) is 29.1 Å². The molecule has 0 aromatic heterocycles. The van der Waals surface area contributed by atoms with Gasteiger partial charge >= 0.3 is 0 Å². The maximum absolute atomic E-state index is 6.21. The van der Waals surface area contributed by atoms with Crippen LogP contribution in [0.15, 0.2) is 24.3 Å². The summed E-state index contributed by atoms with van der Waals surface area (Å²) in [5, 5.41) is 3.66. The Morgan fingerprint density at radius 1 is 1.00 bits per heavy atom. The summed E-state index contributed by atoms with van der Waals surface area (Å²) in [5.74, 6) is 1.81. The van der Waals surface area contributed by atoms with Crippen molar-refractivity contribution >= 4 is 17.6 Å². The zero-order valence-corrected chi connectivity index (χ0v) is 18.2. The van der Waals surface area contributed by atoms with Gasteiger partial charge in [0.1, 0.15) is 5.75 Å². The summed E-state index contributed by atoms with van der Waals surface area (Å²) in [6.07, 6.45) is 12.0. The molecule has 2 N–H and O–H groups in total. The van der Waals surface area contributed by atoms with Gasteiger partial charge in [-0.05, 0) is 90.2 Å². The molecule has 3 rings (SSSR count). The van der Waals surface area contributed by atoms with Crippen molar-refractivity contribution in [2.24, 2.45) is 5.92 Å². The Morgan fingerprint density at radius 2 is 1.74 bits per heavy atom. The quantitative estimate of drug-likeness (QED) is 0.527. The van der Waals surface area contributed by atoms with E-state index in [0.29, 0.717) is 16.9 Å². The summed E-state index contributed by atoms with van der Waals surface area (Å²) in [4.78, 5) is 0. The molecule has 0 radical (unpaired) electrons. The van der Waals surface area contributed by atoms with Crippen LogP contribution < -0.4 is 14.8 Å². The van der Waals surface area contributed by atoms with Crippen LogP contribution in [0.2, 0.25) is 0 Å². The van der Waals surface area contributed by atoms with Crippen molar-refractivity contribution in [2.75, 3.05) is 11.9 Å². The lowest BCUT2D eigenvalue weighted by molar-refractivity contribution is 0.155. The molecule has 0 aliphatic heterocycles. The van der Waals surface area contributed by atoms with Crippen LogP contribution in [0, 0.1) is 5.92 Å². The van der Waals surface area contributed by atoms with Crippen LogP contribution in [0.25, 0.3) is 0 Å². The third-order valence-corrected chi connectivity index (χ3v) is 6.73. The molecule has 0 heterocycles. The minimum atomic E-state index is 0.295. The second-order valence-electron chi connectivity index (χ2n) is 9.34. The minimum absolute atomic E-state index is 0.295. The maximum atomic E-state index is 6.21. The van der Waals surface area contributed by atoms with Gasteiger partial charge < -0.3 is 10.1 Å². The summed E-state index contributed by atoms with van der Waals surface area (Å²) in [6, 6.07) is 9.25. The topological polar surface area (TPSA) is 33.3 Å². The Bertz CT molecular complexity index is 558. The van der Waals surface area contributed by atoms with Crippen molar-refractivity contribution in [1.82, 2.24) is 4.72 Å². The Kier molecular flexibility index (Phi) is 7.77. The molecule has 2 fully saturated rings. The van der Waals surface area contributed by atoms with Gasteiger partial charge in [0.15, 0.2) is 0 Å². The molecule has 1 aromatic carbocycles. The SMILES string of the molecule is CC(C)(C)SNC1CCC(CNc2cccc(OC3CCCCC3)c2)CC1. The Morgan fingerprint density at radius 3 is 2.44 bits per heavy atom. The van der Waals surface area contributed by atoms with Crippen LogP contribution >= 0.6 is 11.9 Å². The average molecular weight is 391 g/mol. The van der Waals surface area contributed by atoms with Gasteiger partial charge in [0.2, 0.25) is 0 Å². The summed E-state index contributed by atoms with van der Waals surface area (Å²) in [6.45, 7) is 7.89. The van der Waals surface area contributed by atoms with Crippen LogP contribution in [0.1, 0.15) is 78.6 Å². The van der Waals surface area contributed by atoms with Gasteiger partial charge in [0.05, 0.1) is 6.10 Å². The van der Waals surface area contributed by atoms with Crippen LogP contribution in [0.5, 0.6) is 5.75 Å². The van der Waals surface area contributed by atoms with Crippen molar-refractivity contribution in [1.29, 1.82) is 0 Å². The predicted molar refractivity (Wildman–Crippen MR) is 119 cm³/mol. The van der Waals surface area contributed by atoms with Crippen molar-refractivity contribution in [3.05, 3.63) is 24.3 Å². The van der Waals surface area contributed by atoms with Crippen molar-refractivity contribution in [3.8, 4) is 5.75 Å². The Hall–Kier alpha value is -0.870. The normalized spacial score (nSPS) is 24.6. The van der Waals surface area contributed by atoms with E-state index in [0.717, 1.165) is 18.2 Å². The molecular weight excluding hydrogens is 352 g/mol. The molecule has 0 saturated heterocycles. The first-order valence-corrected chi connectivity index (χ1v) is 11.7. The number of ether oxygens (including phenoxy) is 1. The van der Waals surface area contributed by atoms with Gasteiger partial charge in [-0.25, -0.2) is 0 Å². The molecular formula is C23H38N2OS. The molecule has 0 bridgehead atoms. The highest BCUT2D eigenvalue weighted by Gasteiger charge is 2.22. The average Bonchev–Trinajstić information content (AvgIpc) is 2.66. The van der Waals surface area contributed by atoms with E-state index in [1.165, 1.54) is 63.5 Å². The number of anilines is 1. The van der Waals surface area contributed by atoms with E-state index in [9.17, 15) is 0 Å². The third-order valence-electron chi connectivity index (χ3n) is 5.66. The number of rotatable bonds is 7. The standard InChI is InChI=1S/C23H38N2OS/c1-23(2,3)27-25-19-14-12-18(13-15-19)17-24-20-8-7-11-22(16-20)26-21-9-5-4-6-10-21/h7-8,11,16,18-19,21,24-25H,4-6,9-10,12-15,17H2,1-3H3. The van der Waals surface area contributed by atoms with E-state index < -0.39 is 0 Å². The van der Waals surface area contributed by atoms with E-state index in [-0.39, 0.29) is 0 Å². The lowest BCUT2D eigenvalue weighted by Gasteiger charge is -2.31. The Labute approximate surface area is 170 Å². The van der Waals surface area contributed by atoms with E-state index >= 15 is 0 Å². The second-order valence-corrected chi connectivity index (χ2v) is 11.0. The summed E-state index contributed by atoms with van der Waals surface area (Å²) in [7, 11) is 0. The van der Waals surface area contributed by atoms with Crippen LogP contribution in [-0.4, -0.2) is 23.4 Å². The van der Waals surface area contributed by atoms with Crippen molar-refractivity contribution in [3.63, 3.8) is 0 Å². The molecule has 0 atom stereocenters. The predicted octanol–water partition coefficient (Wildman–Crippen LogP) is 6.41.